The highest BCUT2D eigenvalue weighted by molar-refractivity contribution is 6.05. The lowest BCUT2D eigenvalue weighted by Crippen LogP contribution is -3.00. The van der Waals surface area contributed by atoms with Crippen LogP contribution in [0.4, 0.5) is 17.1 Å². The largest absolute Gasteiger partial charge is 1.00 e. The third-order valence-corrected chi connectivity index (χ3v) is 6.80. The number of anilines is 2. The topological polar surface area (TPSA) is 41.8 Å². The van der Waals surface area contributed by atoms with Crippen LogP contribution >= 0.6 is 0 Å². The van der Waals surface area contributed by atoms with Crippen LogP contribution < -0.4 is 33.6 Å². The number of benzene rings is 3. The van der Waals surface area contributed by atoms with Gasteiger partial charge in [-0.15, -0.1) is 0 Å². The summed E-state index contributed by atoms with van der Waals surface area (Å²) in [5.41, 5.74) is 7.44. The highest BCUT2D eigenvalue weighted by atomic mass is 127. The van der Waals surface area contributed by atoms with Gasteiger partial charge in [0, 0.05) is 29.6 Å². The fourth-order valence-corrected chi connectivity index (χ4v) is 4.80. The maximum Gasteiger partial charge on any atom is 0.337 e. The number of nitrogens with zero attached hydrogens (tertiary/aromatic N) is 2. The van der Waals surface area contributed by atoms with Gasteiger partial charge in [0.05, 0.1) is 31.3 Å². The second kappa shape index (κ2) is 11.3. The van der Waals surface area contributed by atoms with Gasteiger partial charge in [0.25, 0.3) is 0 Å². The van der Waals surface area contributed by atoms with E-state index in [1.165, 1.54) is 24.1 Å². The number of methoxy groups -OCH3 is 2. The Balaban J connectivity index is 0.00000361. The Bertz CT molecular complexity index is 1290. The molecule has 1 heterocycles. The number of esters is 1. The molecule has 5 nitrogen and oxygen atoms in total. The van der Waals surface area contributed by atoms with Crippen molar-refractivity contribution < 1.29 is 42.8 Å². The van der Waals surface area contributed by atoms with Crippen molar-refractivity contribution >= 4 is 34.8 Å². The molecule has 0 spiro atoms. The molecule has 4 rings (SSSR count). The summed E-state index contributed by atoms with van der Waals surface area (Å²) in [5.74, 6) is 0.541. The molecule has 188 valence electrons. The summed E-state index contributed by atoms with van der Waals surface area (Å²) >= 11 is 0. The van der Waals surface area contributed by atoms with E-state index in [-0.39, 0.29) is 35.4 Å². The van der Waals surface area contributed by atoms with Crippen molar-refractivity contribution in [2.24, 2.45) is 0 Å². The molecule has 0 fully saturated rings. The molecule has 6 heteroatoms. The van der Waals surface area contributed by atoms with Crippen LogP contribution in [0, 0.1) is 0 Å². The molecule has 36 heavy (non-hydrogen) atoms. The molecular weight excluding hydrogens is 563 g/mol. The number of carbonyl (C=O) groups is 1. The van der Waals surface area contributed by atoms with Gasteiger partial charge in [-0.25, -0.2) is 4.79 Å². The highest BCUT2D eigenvalue weighted by Crippen LogP contribution is 2.41. The highest BCUT2D eigenvalue weighted by Gasteiger charge is 2.43. The number of rotatable bonds is 7. The summed E-state index contributed by atoms with van der Waals surface area (Å²) in [6, 6.07) is 22.3. The van der Waals surface area contributed by atoms with Gasteiger partial charge in [-0.1, -0.05) is 12.1 Å². The number of hydrogen-bond acceptors (Lipinski definition) is 4. The van der Waals surface area contributed by atoms with Crippen molar-refractivity contribution in [3.05, 3.63) is 89.5 Å². The first-order valence-corrected chi connectivity index (χ1v) is 11.8. The van der Waals surface area contributed by atoms with Gasteiger partial charge in [0.1, 0.15) is 12.8 Å². The second-order valence-electron chi connectivity index (χ2n) is 9.16. The zero-order valence-corrected chi connectivity index (χ0v) is 23.9. The number of fused-ring (bicyclic) bond motifs is 1. The molecule has 0 saturated heterocycles. The van der Waals surface area contributed by atoms with Gasteiger partial charge in [0.15, 0.2) is 5.71 Å². The zero-order chi connectivity index (χ0) is 25.2. The van der Waals surface area contributed by atoms with Crippen LogP contribution in [-0.2, 0) is 10.2 Å². The second-order valence-corrected chi connectivity index (χ2v) is 9.16. The molecule has 0 aliphatic carbocycles. The Labute approximate surface area is 231 Å². The monoisotopic (exact) mass is 596 g/mol. The Morgan fingerprint density at radius 2 is 1.56 bits per heavy atom. The molecule has 3 aromatic rings. The van der Waals surface area contributed by atoms with Gasteiger partial charge in [-0.05, 0) is 80.9 Å². The van der Waals surface area contributed by atoms with Crippen LogP contribution in [0.3, 0.4) is 0 Å². The molecule has 0 bridgehead atoms. The molecular formula is C30H33IN2O3. The van der Waals surface area contributed by atoms with E-state index < -0.39 is 0 Å². The van der Waals surface area contributed by atoms with E-state index in [9.17, 15) is 4.79 Å². The molecule has 0 radical (unpaired) electrons. The van der Waals surface area contributed by atoms with Gasteiger partial charge in [0.2, 0.25) is 5.69 Å². The summed E-state index contributed by atoms with van der Waals surface area (Å²) in [6.45, 7) is 7.44. The predicted octanol–water partition coefficient (Wildman–Crippen LogP) is 3.36. The van der Waals surface area contributed by atoms with Crippen molar-refractivity contribution in [2.45, 2.75) is 26.2 Å². The summed E-state index contributed by atoms with van der Waals surface area (Å²) in [7, 11) is 5.21. The maximum absolute atomic E-state index is 11.7. The quantitative estimate of drug-likeness (QED) is 0.239. The summed E-state index contributed by atoms with van der Waals surface area (Å²) in [6.07, 6.45) is 4.38. The minimum Gasteiger partial charge on any atom is -1.00 e. The van der Waals surface area contributed by atoms with E-state index in [1.54, 1.807) is 19.2 Å². The number of allylic oxidation sites excluding steroid dienone is 1. The molecule has 1 aliphatic heterocycles. The Morgan fingerprint density at radius 3 is 2.11 bits per heavy atom. The number of hydrogen-bond donors (Lipinski definition) is 0. The minimum absolute atomic E-state index is 0. The van der Waals surface area contributed by atoms with Crippen LogP contribution in [0.2, 0.25) is 0 Å². The van der Waals surface area contributed by atoms with Gasteiger partial charge < -0.3 is 38.4 Å². The predicted molar refractivity (Wildman–Crippen MR) is 143 cm³/mol. The molecule has 0 amide bonds. The normalized spacial score (nSPS) is 13.8. The Kier molecular flexibility index (Phi) is 8.61. The average molecular weight is 597 g/mol. The SMILES string of the molecule is CCN(c1ccc(/C=C/C2=[N+](C)c3cc(OC)ccc3C2(C)C)cc1)c1ccc(C(=O)OC)cc1.[I-]. The molecule has 0 saturated carbocycles. The molecule has 0 unspecified atom stereocenters. The summed E-state index contributed by atoms with van der Waals surface area (Å²) in [5, 5.41) is 0. The lowest BCUT2D eigenvalue weighted by molar-refractivity contribution is -0.401. The van der Waals surface area contributed by atoms with Crippen molar-refractivity contribution in [1.29, 1.82) is 0 Å². The maximum atomic E-state index is 11.7. The van der Waals surface area contributed by atoms with Crippen molar-refractivity contribution in [3.8, 4) is 5.75 Å². The summed E-state index contributed by atoms with van der Waals surface area (Å²) < 4.78 is 12.5. The van der Waals surface area contributed by atoms with Crippen LogP contribution in [-0.4, -0.2) is 44.1 Å². The van der Waals surface area contributed by atoms with Crippen LogP contribution in [0.15, 0.2) is 72.8 Å². The number of halogens is 1. The van der Waals surface area contributed by atoms with Crippen molar-refractivity contribution in [1.82, 2.24) is 0 Å². The Hall–Kier alpha value is -3.13. The molecule has 3 aromatic carbocycles. The first kappa shape index (κ1) is 27.5. The van der Waals surface area contributed by atoms with E-state index >= 15 is 0 Å². The first-order valence-electron chi connectivity index (χ1n) is 11.8. The minimum atomic E-state index is -0.327. The van der Waals surface area contributed by atoms with Gasteiger partial charge >= 0.3 is 5.97 Å². The fourth-order valence-electron chi connectivity index (χ4n) is 4.80. The van der Waals surface area contributed by atoms with Gasteiger partial charge in [-0.2, -0.15) is 4.58 Å². The lowest BCUT2D eigenvalue weighted by Gasteiger charge is -2.23. The number of ether oxygens (including phenoxy) is 2. The Morgan fingerprint density at radius 1 is 0.944 bits per heavy atom. The van der Waals surface area contributed by atoms with Crippen molar-refractivity contribution in [2.75, 3.05) is 32.7 Å². The van der Waals surface area contributed by atoms with E-state index in [0.717, 1.165) is 29.2 Å². The van der Waals surface area contributed by atoms with E-state index in [0.29, 0.717) is 5.56 Å². The standard InChI is InChI=1S/C30H33N2O3.HI/c1-7-32(24-15-11-22(12-16-24)29(33)35-6)23-13-8-21(9-14-23)10-19-28-30(2,3)26-18-17-25(34-5)20-27(26)31(28)4;/h8-20H,7H2,1-6H3;1H/q+1;/p-1. The molecule has 0 N–H and O–H groups in total. The summed E-state index contributed by atoms with van der Waals surface area (Å²) in [4.78, 5) is 13.9. The van der Waals surface area contributed by atoms with Crippen LogP contribution in [0.25, 0.3) is 6.08 Å². The molecule has 1 aliphatic rings. The number of carbonyl (C=O) groups excluding carboxylic acids is 1. The fraction of sp³-hybridized carbons (Fsp3) is 0.267. The van der Waals surface area contributed by atoms with E-state index in [4.69, 9.17) is 9.47 Å². The average Bonchev–Trinajstić information content (AvgIpc) is 3.07. The third-order valence-electron chi connectivity index (χ3n) is 6.80. The van der Waals surface area contributed by atoms with E-state index in [1.807, 2.05) is 18.2 Å². The van der Waals surface area contributed by atoms with Crippen molar-refractivity contribution in [3.63, 3.8) is 0 Å². The zero-order valence-electron chi connectivity index (χ0n) is 21.7. The third kappa shape index (κ3) is 5.19. The smallest absolute Gasteiger partial charge is 0.337 e. The lowest BCUT2D eigenvalue weighted by atomic mass is 9.81. The van der Waals surface area contributed by atoms with Crippen LogP contribution in [0.5, 0.6) is 5.75 Å². The van der Waals surface area contributed by atoms with Crippen LogP contribution in [0.1, 0.15) is 42.3 Å². The van der Waals surface area contributed by atoms with Gasteiger partial charge in [-0.3, -0.25) is 0 Å². The first-order chi connectivity index (χ1) is 16.8. The molecule has 0 aromatic heterocycles. The molecule has 0 atom stereocenters. The van der Waals surface area contributed by atoms with E-state index in [2.05, 4.69) is 85.8 Å².